The van der Waals surface area contributed by atoms with E-state index in [1.165, 1.54) is 0 Å². The second kappa shape index (κ2) is 8.48. The highest BCUT2D eigenvalue weighted by atomic mass is 16.3. The molecule has 0 heterocycles. The van der Waals surface area contributed by atoms with Crippen LogP contribution in [-0.4, -0.2) is 41.7 Å². The van der Waals surface area contributed by atoms with Crippen LogP contribution in [0.15, 0.2) is 0 Å². The fraction of sp³-hybridized carbons (Fsp3) is 0.929. The molecule has 0 aromatic heterocycles. The molecule has 0 aliphatic rings. The molecule has 0 rings (SSSR count). The summed E-state index contributed by atoms with van der Waals surface area (Å²) in [5, 5.41) is 9.25. The number of hydrogen-bond donors (Lipinski definition) is 2. The Morgan fingerprint density at radius 2 is 1.94 bits per heavy atom. The maximum Gasteiger partial charge on any atom is 0.222 e. The van der Waals surface area contributed by atoms with Crippen molar-refractivity contribution in [1.29, 1.82) is 0 Å². The summed E-state index contributed by atoms with van der Waals surface area (Å²) in [6.07, 6.45) is 4.71. The fourth-order valence-corrected chi connectivity index (χ4v) is 2.02. The lowest BCUT2D eigenvalue weighted by Gasteiger charge is -2.34. The average Bonchev–Trinajstić information content (AvgIpc) is 2.35. The number of aliphatic hydroxyl groups excluding tert-OH is 1. The van der Waals surface area contributed by atoms with Gasteiger partial charge in [-0.1, -0.05) is 19.8 Å². The van der Waals surface area contributed by atoms with Crippen molar-refractivity contribution in [2.45, 2.75) is 58.4 Å². The summed E-state index contributed by atoms with van der Waals surface area (Å²) < 4.78 is 0. The van der Waals surface area contributed by atoms with Crippen LogP contribution in [0.3, 0.4) is 0 Å². The second-order valence-electron chi connectivity index (χ2n) is 5.69. The topological polar surface area (TPSA) is 66.6 Å². The van der Waals surface area contributed by atoms with Crippen molar-refractivity contribution >= 4 is 5.91 Å². The van der Waals surface area contributed by atoms with Crippen molar-refractivity contribution in [1.82, 2.24) is 4.90 Å². The Morgan fingerprint density at radius 1 is 1.33 bits per heavy atom. The Kier molecular flexibility index (Phi) is 8.20. The number of nitrogens with zero attached hydrogens (tertiary/aromatic N) is 1. The average molecular weight is 258 g/mol. The molecule has 3 N–H and O–H groups in total. The number of carbonyl (C=O) groups excluding carboxylic acids is 1. The third kappa shape index (κ3) is 5.83. The van der Waals surface area contributed by atoms with Crippen LogP contribution in [-0.2, 0) is 4.79 Å². The molecule has 18 heavy (non-hydrogen) atoms. The molecular weight excluding hydrogens is 228 g/mol. The molecule has 1 atom stereocenters. The van der Waals surface area contributed by atoms with Gasteiger partial charge in [0.25, 0.3) is 0 Å². The van der Waals surface area contributed by atoms with Gasteiger partial charge in [-0.05, 0) is 39.2 Å². The van der Waals surface area contributed by atoms with Crippen molar-refractivity contribution in [3.05, 3.63) is 0 Å². The number of likely N-dealkylation sites (N-methyl/N-ethyl adjacent to an activating group) is 1. The van der Waals surface area contributed by atoms with Gasteiger partial charge in [-0.2, -0.15) is 0 Å². The van der Waals surface area contributed by atoms with Crippen LogP contribution in [0.25, 0.3) is 0 Å². The third-order valence-corrected chi connectivity index (χ3v) is 3.71. The van der Waals surface area contributed by atoms with E-state index in [9.17, 15) is 9.90 Å². The fourth-order valence-electron chi connectivity index (χ4n) is 2.02. The Morgan fingerprint density at radius 3 is 2.39 bits per heavy atom. The number of nitrogens with two attached hydrogens (primary N) is 1. The van der Waals surface area contributed by atoms with Crippen LogP contribution in [0, 0.1) is 5.92 Å². The van der Waals surface area contributed by atoms with E-state index in [1.807, 2.05) is 13.8 Å². The molecule has 0 aromatic rings. The molecule has 4 nitrogen and oxygen atoms in total. The zero-order valence-corrected chi connectivity index (χ0v) is 12.4. The molecule has 0 aliphatic heterocycles. The van der Waals surface area contributed by atoms with Gasteiger partial charge in [-0.15, -0.1) is 0 Å². The van der Waals surface area contributed by atoms with Crippen molar-refractivity contribution < 1.29 is 9.90 Å². The van der Waals surface area contributed by atoms with Crippen molar-refractivity contribution in [3.8, 4) is 0 Å². The summed E-state index contributed by atoms with van der Waals surface area (Å²) in [7, 11) is 1.76. The predicted molar refractivity (Wildman–Crippen MR) is 75.2 cm³/mol. The largest absolute Gasteiger partial charge is 0.394 e. The molecule has 0 saturated carbocycles. The molecule has 1 unspecified atom stereocenters. The zero-order valence-electron chi connectivity index (χ0n) is 12.4. The van der Waals surface area contributed by atoms with Gasteiger partial charge >= 0.3 is 0 Å². The first-order chi connectivity index (χ1) is 8.38. The van der Waals surface area contributed by atoms with Crippen LogP contribution in [0.5, 0.6) is 0 Å². The van der Waals surface area contributed by atoms with Crippen LogP contribution in [0.1, 0.15) is 52.9 Å². The molecule has 0 aromatic carbocycles. The summed E-state index contributed by atoms with van der Waals surface area (Å²) in [5.41, 5.74) is 5.11. The Labute approximate surface area is 112 Å². The first-order valence-electron chi connectivity index (χ1n) is 6.96. The quantitative estimate of drug-likeness (QED) is 0.662. The van der Waals surface area contributed by atoms with Crippen LogP contribution < -0.4 is 5.73 Å². The molecule has 4 heteroatoms. The molecule has 0 spiro atoms. The smallest absolute Gasteiger partial charge is 0.222 e. The van der Waals surface area contributed by atoms with E-state index in [2.05, 4.69) is 6.92 Å². The monoisotopic (exact) mass is 258 g/mol. The number of hydrogen-bond acceptors (Lipinski definition) is 3. The van der Waals surface area contributed by atoms with Gasteiger partial charge in [0.05, 0.1) is 12.1 Å². The summed E-state index contributed by atoms with van der Waals surface area (Å²) in [4.78, 5) is 13.7. The molecule has 1 amide bonds. The van der Waals surface area contributed by atoms with E-state index in [0.29, 0.717) is 18.9 Å². The second-order valence-corrected chi connectivity index (χ2v) is 5.69. The van der Waals surface area contributed by atoms with Gasteiger partial charge in [0.1, 0.15) is 0 Å². The first-order valence-corrected chi connectivity index (χ1v) is 6.96. The summed E-state index contributed by atoms with van der Waals surface area (Å²) in [6.45, 7) is 6.57. The molecule has 0 fully saturated rings. The Bertz CT molecular complexity index is 236. The SMILES string of the molecule is CCCC(CCN)CCC(=O)N(C)C(C)(C)CO. The molecule has 0 aliphatic carbocycles. The Balaban J connectivity index is 4.22. The van der Waals surface area contributed by atoms with Gasteiger partial charge in [0, 0.05) is 13.5 Å². The van der Waals surface area contributed by atoms with E-state index in [1.54, 1.807) is 11.9 Å². The maximum absolute atomic E-state index is 12.0. The van der Waals surface area contributed by atoms with E-state index >= 15 is 0 Å². The molecule has 108 valence electrons. The van der Waals surface area contributed by atoms with Gasteiger partial charge in [-0.25, -0.2) is 0 Å². The van der Waals surface area contributed by atoms with Crippen molar-refractivity contribution in [2.24, 2.45) is 11.7 Å². The molecular formula is C14H30N2O2. The number of rotatable bonds is 9. The minimum absolute atomic E-state index is 0.0174. The van der Waals surface area contributed by atoms with Crippen LogP contribution in [0.2, 0.25) is 0 Å². The van der Waals surface area contributed by atoms with Gasteiger partial charge in [0.2, 0.25) is 5.91 Å². The summed E-state index contributed by atoms with van der Waals surface area (Å²) in [6, 6.07) is 0. The van der Waals surface area contributed by atoms with Crippen LogP contribution >= 0.6 is 0 Å². The van der Waals surface area contributed by atoms with Crippen molar-refractivity contribution in [2.75, 3.05) is 20.2 Å². The predicted octanol–water partition coefficient (Wildman–Crippen LogP) is 1.76. The summed E-state index contributed by atoms with van der Waals surface area (Å²) in [5.74, 6) is 0.654. The zero-order chi connectivity index (χ0) is 14.2. The lowest BCUT2D eigenvalue weighted by molar-refractivity contribution is -0.136. The first kappa shape index (κ1) is 17.4. The Hall–Kier alpha value is -0.610. The number of carbonyl (C=O) groups is 1. The van der Waals surface area contributed by atoms with E-state index in [0.717, 1.165) is 25.7 Å². The van der Waals surface area contributed by atoms with Gasteiger partial charge in [-0.3, -0.25) is 4.79 Å². The van der Waals surface area contributed by atoms with Crippen LogP contribution in [0.4, 0.5) is 0 Å². The summed E-state index contributed by atoms with van der Waals surface area (Å²) >= 11 is 0. The van der Waals surface area contributed by atoms with Gasteiger partial charge < -0.3 is 15.7 Å². The van der Waals surface area contributed by atoms with Gasteiger partial charge in [0.15, 0.2) is 0 Å². The van der Waals surface area contributed by atoms with E-state index in [4.69, 9.17) is 5.73 Å². The minimum Gasteiger partial charge on any atom is -0.394 e. The molecule has 0 radical (unpaired) electrons. The highest BCUT2D eigenvalue weighted by Gasteiger charge is 2.26. The third-order valence-electron chi connectivity index (χ3n) is 3.71. The standard InChI is InChI=1S/C14H30N2O2/c1-5-6-12(9-10-15)7-8-13(18)16(4)14(2,3)11-17/h12,17H,5-11,15H2,1-4H3. The maximum atomic E-state index is 12.0. The highest BCUT2D eigenvalue weighted by molar-refractivity contribution is 5.76. The van der Waals surface area contributed by atoms with E-state index in [-0.39, 0.29) is 12.5 Å². The molecule has 0 bridgehead atoms. The lowest BCUT2D eigenvalue weighted by Crippen LogP contribution is -2.47. The van der Waals surface area contributed by atoms with Crippen molar-refractivity contribution in [3.63, 3.8) is 0 Å². The van der Waals surface area contributed by atoms with E-state index < -0.39 is 5.54 Å². The number of amides is 1. The number of aliphatic hydroxyl groups is 1. The normalized spacial score (nSPS) is 13.4. The minimum atomic E-state index is -0.481. The lowest BCUT2D eigenvalue weighted by atomic mass is 9.93. The molecule has 0 saturated heterocycles. The highest BCUT2D eigenvalue weighted by Crippen LogP contribution is 2.19.